The van der Waals surface area contributed by atoms with Crippen molar-refractivity contribution in [2.75, 3.05) is 6.26 Å². The van der Waals surface area contributed by atoms with Crippen LogP contribution in [-0.4, -0.2) is 24.9 Å². The number of hydrogen-bond donors (Lipinski definition) is 0. The summed E-state index contributed by atoms with van der Waals surface area (Å²) in [6.07, 6.45) is 2.43. The summed E-state index contributed by atoms with van der Waals surface area (Å²) >= 11 is 0. The third-order valence-corrected chi connectivity index (χ3v) is 3.46. The molecule has 1 heterocycles. The van der Waals surface area contributed by atoms with Gasteiger partial charge in [0.2, 0.25) is 5.82 Å². The summed E-state index contributed by atoms with van der Waals surface area (Å²) in [7, 11) is -1.12. The Morgan fingerprint density at radius 3 is 2.75 bits per heavy atom. The quantitative estimate of drug-likeness (QED) is 0.618. The summed E-state index contributed by atoms with van der Waals surface area (Å²) in [4.78, 5) is 14.4. The van der Waals surface area contributed by atoms with Gasteiger partial charge in [-0.3, -0.25) is 4.21 Å². The number of ether oxygens (including phenoxy) is 1. The molecule has 0 aliphatic rings. The van der Waals surface area contributed by atoms with Crippen molar-refractivity contribution in [3.63, 3.8) is 0 Å². The first kappa shape index (κ1) is 10.6. The van der Waals surface area contributed by atoms with Gasteiger partial charge < -0.3 is 14.9 Å². The van der Waals surface area contributed by atoms with Crippen LogP contribution < -0.4 is 4.74 Å². The Balaban J connectivity index is 2.20. The molecule has 0 amide bonds. The van der Waals surface area contributed by atoms with Crippen molar-refractivity contribution in [3.05, 3.63) is 46.4 Å². The molecule has 1 aromatic heterocycles. The van der Waals surface area contributed by atoms with Crippen LogP contribution in [0.25, 0.3) is 0 Å². The van der Waals surface area contributed by atoms with E-state index >= 15 is 0 Å². The molecule has 2 aromatic rings. The van der Waals surface area contributed by atoms with Gasteiger partial charge in [-0.05, 0) is 29.2 Å². The van der Waals surface area contributed by atoms with Gasteiger partial charge in [0.1, 0.15) is 11.9 Å². The standard InChI is InChI=1S/C12H13N3O4S/c1-14-11(13-7-12(14)15(16)17)8-19-9-3-5-10(6-4-9)20(2)18/h3-7H,8H2,1-2H3/i1D3. The average molecular weight is 298 g/mol. The SMILES string of the molecule is [2H]C([2H])([2H])n1c([N+](=O)[O-])cnc1COc1ccc(S(C)=O)cc1. The molecule has 1 atom stereocenters. The maximum Gasteiger partial charge on any atom is 0.342 e. The minimum absolute atomic E-state index is 0.0835. The number of nitrogens with zero attached hydrogens (tertiary/aromatic N) is 3. The van der Waals surface area contributed by atoms with Crippen LogP contribution in [0.3, 0.4) is 0 Å². The zero-order valence-corrected chi connectivity index (χ0v) is 11.3. The maximum atomic E-state index is 11.3. The van der Waals surface area contributed by atoms with Gasteiger partial charge in [0.25, 0.3) is 0 Å². The Morgan fingerprint density at radius 2 is 2.20 bits per heavy atom. The Morgan fingerprint density at radius 1 is 1.50 bits per heavy atom. The van der Waals surface area contributed by atoms with Crippen molar-refractivity contribution in [1.29, 1.82) is 0 Å². The van der Waals surface area contributed by atoms with Crippen LogP contribution in [0.2, 0.25) is 0 Å². The van der Waals surface area contributed by atoms with Gasteiger partial charge in [0.05, 0.1) is 11.1 Å². The normalized spacial score (nSPS) is 14.9. The highest BCUT2D eigenvalue weighted by atomic mass is 32.2. The van der Waals surface area contributed by atoms with E-state index in [4.69, 9.17) is 8.85 Å². The molecule has 0 spiro atoms. The monoisotopic (exact) mass is 298 g/mol. The smallest absolute Gasteiger partial charge is 0.342 e. The van der Waals surface area contributed by atoms with Crippen LogP contribution in [0.4, 0.5) is 5.82 Å². The second-order valence-electron chi connectivity index (χ2n) is 3.84. The highest BCUT2D eigenvalue weighted by molar-refractivity contribution is 7.84. The number of rotatable bonds is 5. The highest BCUT2D eigenvalue weighted by Crippen LogP contribution is 2.17. The van der Waals surface area contributed by atoms with E-state index in [-0.39, 0.29) is 12.4 Å². The zero-order chi connectivity index (χ0) is 17.2. The third kappa shape index (κ3) is 3.02. The molecule has 0 bridgehead atoms. The number of hydrogen-bond acceptors (Lipinski definition) is 5. The molecule has 0 aliphatic carbocycles. The molecule has 0 radical (unpaired) electrons. The first-order valence-electron chi connectivity index (χ1n) is 6.98. The molecule has 20 heavy (non-hydrogen) atoms. The lowest BCUT2D eigenvalue weighted by Crippen LogP contribution is -2.05. The Kier molecular flexibility index (Phi) is 3.07. The second kappa shape index (κ2) is 5.83. The van der Waals surface area contributed by atoms with E-state index in [1.165, 1.54) is 0 Å². The van der Waals surface area contributed by atoms with Crippen LogP contribution in [0.15, 0.2) is 35.4 Å². The van der Waals surface area contributed by atoms with Gasteiger partial charge in [0, 0.05) is 22.0 Å². The van der Waals surface area contributed by atoms with E-state index < -0.39 is 28.5 Å². The van der Waals surface area contributed by atoms with Crippen molar-refractivity contribution >= 4 is 16.6 Å². The van der Waals surface area contributed by atoms with Crippen LogP contribution in [0.5, 0.6) is 5.75 Å². The number of imidazole rings is 1. The number of benzene rings is 1. The van der Waals surface area contributed by atoms with Crippen LogP contribution in [0, 0.1) is 10.1 Å². The molecule has 1 unspecified atom stereocenters. The molecule has 1 aromatic carbocycles. The average Bonchev–Trinajstić information content (AvgIpc) is 2.89. The van der Waals surface area contributed by atoms with Gasteiger partial charge in [-0.15, -0.1) is 0 Å². The van der Waals surface area contributed by atoms with Crippen molar-refractivity contribution in [1.82, 2.24) is 9.55 Å². The fourth-order valence-electron chi connectivity index (χ4n) is 1.49. The fraction of sp³-hybridized carbons (Fsp3) is 0.250. The van der Waals surface area contributed by atoms with Gasteiger partial charge in [-0.2, -0.15) is 0 Å². The van der Waals surface area contributed by atoms with Crippen molar-refractivity contribution in [2.45, 2.75) is 11.5 Å². The van der Waals surface area contributed by atoms with E-state index in [0.29, 0.717) is 15.2 Å². The van der Waals surface area contributed by atoms with Crippen molar-refractivity contribution in [2.24, 2.45) is 6.98 Å². The first-order valence-corrected chi connectivity index (χ1v) is 7.03. The molecular weight excluding hydrogens is 282 g/mol. The summed E-state index contributed by atoms with van der Waals surface area (Å²) in [6.45, 7) is -2.98. The van der Waals surface area contributed by atoms with Crippen LogP contribution in [-0.2, 0) is 24.4 Å². The molecule has 7 nitrogen and oxygen atoms in total. The van der Waals surface area contributed by atoms with Gasteiger partial charge >= 0.3 is 5.82 Å². The van der Waals surface area contributed by atoms with Gasteiger partial charge in [-0.1, -0.05) is 0 Å². The molecule has 0 aliphatic heterocycles. The number of aromatic nitrogens is 2. The van der Waals surface area contributed by atoms with Crippen molar-refractivity contribution < 1.29 is 18.0 Å². The maximum absolute atomic E-state index is 11.3. The third-order valence-electron chi connectivity index (χ3n) is 2.53. The zero-order valence-electron chi connectivity index (χ0n) is 13.5. The largest absolute Gasteiger partial charge is 0.483 e. The molecule has 0 fully saturated rings. The summed E-state index contributed by atoms with van der Waals surface area (Å²) in [6, 6.07) is 6.38. The molecular formula is C12H13N3O4S. The highest BCUT2D eigenvalue weighted by Gasteiger charge is 2.16. The topological polar surface area (TPSA) is 87.3 Å². The van der Waals surface area contributed by atoms with E-state index in [1.807, 2.05) is 0 Å². The van der Waals surface area contributed by atoms with Gasteiger partial charge in [0.15, 0.2) is 6.61 Å². The minimum Gasteiger partial charge on any atom is -0.483 e. The summed E-state index contributed by atoms with van der Waals surface area (Å²) in [5.74, 6) is -0.304. The summed E-state index contributed by atoms with van der Waals surface area (Å²) in [5.41, 5.74) is 0. The number of nitro groups is 1. The van der Waals surface area contributed by atoms with Crippen LogP contribution >= 0.6 is 0 Å². The van der Waals surface area contributed by atoms with E-state index in [0.717, 1.165) is 6.20 Å². The predicted molar refractivity (Wildman–Crippen MR) is 73.0 cm³/mol. The fourth-order valence-corrected chi connectivity index (χ4v) is 2.01. The Hall–Kier alpha value is -2.22. The lowest BCUT2D eigenvalue weighted by molar-refractivity contribution is -0.391. The first-order chi connectivity index (χ1) is 10.7. The molecule has 0 N–H and O–H groups in total. The lowest BCUT2D eigenvalue weighted by atomic mass is 10.3. The van der Waals surface area contributed by atoms with E-state index in [9.17, 15) is 14.3 Å². The lowest BCUT2D eigenvalue weighted by Gasteiger charge is -2.05. The van der Waals surface area contributed by atoms with E-state index in [1.54, 1.807) is 30.5 Å². The predicted octanol–water partition coefficient (Wildman–Crippen LogP) is 1.64. The molecule has 2 rings (SSSR count). The molecule has 106 valence electrons. The minimum atomic E-state index is -2.74. The van der Waals surface area contributed by atoms with E-state index in [2.05, 4.69) is 4.98 Å². The second-order valence-corrected chi connectivity index (χ2v) is 5.22. The summed E-state index contributed by atoms with van der Waals surface area (Å²) in [5, 5.41) is 10.9. The molecule has 8 heteroatoms. The van der Waals surface area contributed by atoms with Gasteiger partial charge in [-0.25, -0.2) is 9.55 Å². The Bertz CT molecular complexity index is 743. The summed E-state index contributed by atoms with van der Waals surface area (Å²) < 4.78 is 39.4. The molecule has 0 saturated heterocycles. The van der Waals surface area contributed by atoms with Crippen molar-refractivity contribution in [3.8, 4) is 5.75 Å². The Labute approximate surface area is 122 Å². The molecule has 0 saturated carbocycles. The van der Waals surface area contributed by atoms with Crippen LogP contribution in [0.1, 0.15) is 9.94 Å².